The Labute approximate surface area is 174 Å². The average Bonchev–Trinajstić information content (AvgIpc) is 3.16. The maximum atomic E-state index is 12.4. The van der Waals surface area contributed by atoms with E-state index < -0.39 is 0 Å². The van der Waals surface area contributed by atoms with Crippen molar-refractivity contribution in [2.75, 3.05) is 31.9 Å². The van der Waals surface area contributed by atoms with Crippen molar-refractivity contribution in [3.8, 4) is 0 Å². The number of aromatic amines is 2. The number of rotatable bonds is 7. The molecule has 0 atom stereocenters. The lowest BCUT2D eigenvalue weighted by atomic mass is 10.0. The van der Waals surface area contributed by atoms with Crippen molar-refractivity contribution in [3.05, 3.63) is 57.5 Å². The van der Waals surface area contributed by atoms with Crippen LogP contribution in [0.15, 0.2) is 35.3 Å². The van der Waals surface area contributed by atoms with E-state index in [1.807, 2.05) is 24.3 Å². The fraction of sp³-hybridized carbons (Fsp3) is 0.409. The number of piperidine rings is 1. The second-order valence-electron chi connectivity index (χ2n) is 7.84. The molecule has 8 nitrogen and oxygen atoms in total. The van der Waals surface area contributed by atoms with Gasteiger partial charge in [-0.1, -0.05) is 18.6 Å². The van der Waals surface area contributed by atoms with Gasteiger partial charge in [0, 0.05) is 24.8 Å². The van der Waals surface area contributed by atoms with Gasteiger partial charge in [0.2, 0.25) is 5.95 Å². The first-order valence-corrected chi connectivity index (χ1v) is 10.6. The molecule has 0 bridgehead atoms. The van der Waals surface area contributed by atoms with Crippen LogP contribution in [0, 0.1) is 0 Å². The number of fused-ring (bicyclic) bond motifs is 1. The molecule has 1 amide bonds. The zero-order chi connectivity index (χ0) is 20.9. The van der Waals surface area contributed by atoms with Crippen molar-refractivity contribution in [2.24, 2.45) is 0 Å². The van der Waals surface area contributed by atoms with Crippen LogP contribution >= 0.6 is 0 Å². The SMILES string of the molecule is Nc1nc2[nH]cc(CCc3ccc(C(=O)NCCN4CCCCC4)cc3)c2c(=O)[nH]1. The van der Waals surface area contributed by atoms with Crippen molar-refractivity contribution in [1.82, 2.24) is 25.2 Å². The van der Waals surface area contributed by atoms with E-state index in [1.54, 1.807) is 6.20 Å². The van der Waals surface area contributed by atoms with E-state index in [9.17, 15) is 9.59 Å². The van der Waals surface area contributed by atoms with Crippen LogP contribution in [0.3, 0.4) is 0 Å². The molecule has 0 unspecified atom stereocenters. The number of nitrogens with two attached hydrogens (primary N) is 1. The van der Waals surface area contributed by atoms with Crippen molar-refractivity contribution in [3.63, 3.8) is 0 Å². The first-order valence-electron chi connectivity index (χ1n) is 10.6. The number of nitrogen functional groups attached to an aromatic ring is 1. The lowest BCUT2D eigenvalue weighted by molar-refractivity contribution is 0.0946. The third-order valence-corrected chi connectivity index (χ3v) is 5.70. The summed E-state index contributed by atoms with van der Waals surface area (Å²) >= 11 is 0. The van der Waals surface area contributed by atoms with Crippen LogP contribution in [-0.4, -0.2) is 51.9 Å². The largest absolute Gasteiger partial charge is 0.369 e. The number of anilines is 1. The number of aryl methyl sites for hydroxylation is 2. The lowest BCUT2D eigenvalue weighted by Gasteiger charge is -2.26. The summed E-state index contributed by atoms with van der Waals surface area (Å²) in [6.07, 6.45) is 7.08. The predicted molar refractivity (Wildman–Crippen MR) is 118 cm³/mol. The molecule has 0 aliphatic carbocycles. The molecule has 1 aliphatic rings. The zero-order valence-electron chi connectivity index (χ0n) is 17.0. The second kappa shape index (κ2) is 9.13. The second-order valence-corrected chi connectivity index (χ2v) is 7.84. The monoisotopic (exact) mass is 408 g/mol. The van der Waals surface area contributed by atoms with Crippen LogP contribution in [0.4, 0.5) is 5.95 Å². The molecule has 1 saturated heterocycles. The number of likely N-dealkylation sites (tertiary alicyclic amines) is 1. The summed E-state index contributed by atoms with van der Waals surface area (Å²) in [7, 11) is 0. The van der Waals surface area contributed by atoms with E-state index >= 15 is 0 Å². The summed E-state index contributed by atoms with van der Waals surface area (Å²) in [6, 6.07) is 7.65. The molecule has 8 heteroatoms. The molecule has 3 aromatic rings. The lowest BCUT2D eigenvalue weighted by Crippen LogP contribution is -2.37. The Morgan fingerprint density at radius 1 is 1.13 bits per heavy atom. The molecule has 1 fully saturated rings. The summed E-state index contributed by atoms with van der Waals surface area (Å²) < 4.78 is 0. The van der Waals surface area contributed by atoms with Gasteiger partial charge in [-0.05, 0) is 62.0 Å². The highest BCUT2D eigenvalue weighted by atomic mass is 16.1. The Kier molecular flexibility index (Phi) is 6.13. The van der Waals surface area contributed by atoms with Crippen molar-refractivity contribution < 1.29 is 4.79 Å². The normalized spacial score (nSPS) is 14.8. The molecule has 0 saturated carbocycles. The molecule has 2 aromatic heterocycles. The number of carbonyl (C=O) groups excluding carboxylic acids is 1. The van der Waals surface area contributed by atoms with Crippen molar-refractivity contribution in [1.29, 1.82) is 0 Å². The molecule has 0 radical (unpaired) electrons. The fourth-order valence-electron chi connectivity index (χ4n) is 4.03. The standard InChI is InChI=1S/C22H28N6O2/c23-22-26-19-18(21(30)27-22)17(14-25-19)9-6-15-4-7-16(8-5-15)20(29)24-10-13-28-11-2-1-3-12-28/h4-5,7-8,14H,1-3,6,9-13H2,(H,24,29)(H4,23,25,26,27,30). The average molecular weight is 409 g/mol. The maximum Gasteiger partial charge on any atom is 0.262 e. The smallest absolute Gasteiger partial charge is 0.262 e. The van der Waals surface area contributed by atoms with Gasteiger partial charge < -0.3 is 20.9 Å². The van der Waals surface area contributed by atoms with Gasteiger partial charge in [-0.2, -0.15) is 4.98 Å². The van der Waals surface area contributed by atoms with Crippen LogP contribution in [0.2, 0.25) is 0 Å². The minimum Gasteiger partial charge on any atom is -0.369 e. The van der Waals surface area contributed by atoms with Gasteiger partial charge in [0.15, 0.2) is 0 Å². The Balaban J connectivity index is 1.30. The highest BCUT2D eigenvalue weighted by molar-refractivity contribution is 5.94. The van der Waals surface area contributed by atoms with E-state index in [1.165, 1.54) is 19.3 Å². The third-order valence-electron chi connectivity index (χ3n) is 5.70. The summed E-state index contributed by atoms with van der Waals surface area (Å²) in [6.45, 7) is 3.86. The first-order chi connectivity index (χ1) is 14.6. The fourth-order valence-corrected chi connectivity index (χ4v) is 4.03. The van der Waals surface area contributed by atoms with E-state index in [-0.39, 0.29) is 17.4 Å². The van der Waals surface area contributed by atoms with Crippen LogP contribution in [0.5, 0.6) is 0 Å². The van der Waals surface area contributed by atoms with Gasteiger partial charge in [-0.15, -0.1) is 0 Å². The highest BCUT2D eigenvalue weighted by Crippen LogP contribution is 2.16. The maximum absolute atomic E-state index is 12.4. The summed E-state index contributed by atoms with van der Waals surface area (Å²) in [5.41, 5.74) is 8.53. The number of amides is 1. The minimum atomic E-state index is -0.231. The van der Waals surface area contributed by atoms with Gasteiger partial charge in [0.05, 0.1) is 5.39 Å². The van der Waals surface area contributed by atoms with Crippen LogP contribution < -0.4 is 16.6 Å². The van der Waals surface area contributed by atoms with Gasteiger partial charge in [0.25, 0.3) is 11.5 Å². The molecule has 5 N–H and O–H groups in total. The molecular weight excluding hydrogens is 380 g/mol. The topological polar surface area (TPSA) is 120 Å². The van der Waals surface area contributed by atoms with E-state index in [2.05, 4.69) is 25.2 Å². The van der Waals surface area contributed by atoms with E-state index in [0.29, 0.717) is 29.6 Å². The van der Waals surface area contributed by atoms with E-state index in [0.717, 1.165) is 37.2 Å². The number of aromatic nitrogens is 3. The van der Waals surface area contributed by atoms with Gasteiger partial charge in [-0.3, -0.25) is 14.6 Å². The Morgan fingerprint density at radius 2 is 1.90 bits per heavy atom. The molecule has 0 spiro atoms. The van der Waals surface area contributed by atoms with Crippen LogP contribution in [0.1, 0.15) is 40.7 Å². The molecule has 4 rings (SSSR count). The Morgan fingerprint density at radius 3 is 2.67 bits per heavy atom. The van der Waals surface area contributed by atoms with Crippen molar-refractivity contribution in [2.45, 2.75) is 32.1 Å². The molecule has 1 aromatic carbocycles. The summed E-state index contributed by atoms with van der Waals surface area (Å²) in [5.74, 6) is 0.0658. The molecular formula is C22H28N6O2. The number of H-pyrrole nitrogens is 2. The number of hydrogen-bond donors (Lipinski definition) is 4. The number of nitrogens with one attached hydrogen (secondary N) is 3. The Bertz CT molecular complexity index is 1060. The zero-order valence-corrected chi connectivity index (χ0v) is 17.0. The highest BCUT2D eigenvalue weighted by Gasteiger charge is 2.12. The van der Waals surface area contributed by atoms with Crippen LogP contribution in [-0.2, 0) is 12.8 Å². The number of hydrogen-bond acceptors (Lipinski definition) is 5. The van der Waals surface area contributed by atoms with Gasteiger partial charge in [-0.25, -0.2) is 0 Å². The third kappa shape index (κ3) is 4.71. The minimum absolute atomic E-state index is 0.0367. The molecule has 30 heavy (non-hydrogen) atoms. The molecule has 3 heterocycles. The number of carbonyl (C=O) groups is 1. The van der Waals surface area contributed by atoms with Crippen LogP contribution in [0.25, 0.3) is 11.0 Å². The predicted octanol–water partition coefficient (Wildman–Crippen LogP) is 1.83. The van der Waals surface area contributed by atoms with Gasteiger partial charge in [0.1, 0.15) is 5.65 Å². The number of benzene rings is 1. The Hall–Kier alpha value is -3.13. The van der Waals surface area contributed by atoms with E-state index in [4.69, 9.17) is 5.73 Å². The van der Waals surface area contributed by atoms with Gasteiger partial charge >= 0.3 is 0 Å². The summed E-state index contributed by atoms with van der Waals surface area (Å²) in [4.78, 5) is 36.6. The van der Waals surface area contributed by atoms with Crippen molar-refractivity contribution >= 4 is 22.9 Å². The molecule has 1 aliphatic heterocycles. The molecule has 158 valence electrons. The number of nitrogens with zero attached hydrogens (tertiary/aromatic N) is 2. The quantitative estimate of drug-likeness (QED) is 0.475. The summed E-state index contributed by atoms with van der Waals surface area (Å²) in [5, 5.41) is 3.56. The first kappa shape index (κ1) is 20.2.